The minimum absolute atomic E-state index is 0.315. The second-order valence-corrected chi connectivity index (χ2v) is 5.63. The first-order valence-corrected chi connectivity index (χ1v) is 7.22. The van der Waals surface area contributed by atoms with E-state index in [0.717, 1.165) is 16.0 Å². The maximum Gasteiger partial charge on any atom is 0.285 e. The van der Waals surface area contributed by atoms with Gasteiger partial charge in [-0.25, -0.2) is 9.97 Å². The van der Waals surface area contributed by atoms with E-state index < -0.39 is 0 Å². The van der Waals surface area contributed by atoms with Crippen molar-refractivity contribution >= 4 is 44.9 Å². The fourth-order valence-electron chi connectivity index (χ4n) is 1.77. The number of pyridine rings is 1. The van der Waals surface area contributed by atoms with Crippen molar-refractivity contribution < 1.29 is 9.53 Å². The molecule has 2 aromatic heterocycles. The number of methoxy groups -OCH3 is 1. The zero-order chi connectivity index (χ0) is 14.8. The first-order valence-electron chi connectivity index (χ1n) is 6.03. The number of carbonyl (C=O) groups is 1. The number of nitrogens with one attached hydrogen (secondary N) is 1. The Kier molecular flexibility index (Phi) is 3.72. The summed E-state index contributed by atoms with van der Waals surface area (Å²) in [7, 11) is 1.60. The zero-order valence-corrected chi connectivity index (χ0v) is 12.5. The molecule has 1 N–H and O–H groups in total. The number of nitrogens with zero attached hydrogens (tertiary/aromatic N) is 2. The standard InChI is InChI=1S/C14H10ClN3O2S/c1-20-9-2-3-10-11(7-9)21-14(17-10)13(19)18-12-6-8(15)4-5-16-12/h2-7H,1H3,(H,16,18,19). The lowest BCUT2D eigenvalue weighted by Gasteiger charge is -2.01. The largest absolute Gasteiger partial charge is 0.497 e. The van der Waals surface area contributed by atoms with Gasteiger partial charge >= 0.3 is 0 Å². The minimum atomic E-state index is -0.315. The summed E-state index contributed by atoms with van der Waals surface area (Å²) in [6.07, 6.45) is 1.53. The molecule has 2 heterocycles. The van der Waals surface area contributed by atoms with Gasteiger partial charge in [0, 0.05) is 11.2 Å². The molecule has 0 saturated heterocycles. The number of thiazole rings is 1. The molecule has 5 nitrogen and oxygen atoms in total. The molecule has 0 bridgehead atoms. The summed E-state index contributed by atoms with van der Waals surface area (Å²) >= 11 is 7.15. The molecule has 7 heteroatoms. The second kappa shape index (κ2) is 5.67. The Morgan fingerprint density at radius 3 is 2.95 bits per heavy atom. The fraction of sp³-hybridized carbons (Fsp3) is 0.0714. The number of hydrogen-bond donors (Lipinski definition) is 1. The summed E-state index contributed by atoms with van der Waals surface area (Å²) in [6, 6.07) is 8.69. The Balaban J connectivity index is 1.87. The maximum atomic E-state index is 12.2. The van der Waals surface area contributed by atoms with Crippen LogP contribution in [-0.4, -0.2) is 23.0 Å². The van der Waals surface area contributed by atoms with Crippen LogP contribution in [0, 0.1) is 0 Å². The number of amides is 1. The van der Waals surface area contributed by atoms with E-state index in [1.54, 1.807) is 19.2 Å². The van der Waals surface area contributed by atoms with E-state index in [0.29, 0.717) is 15.8 Å². The molecular formula is C14H10ClN3O2S. The van der Waals surface area contributed by atoms with Gasteiger partial charge in [0.05, 0.1) is 17.3 Å². The van der Waals surface area contributed by atoms with E-state index in [-0.39, 0.29) is 5.91 Å². The highest BCUT2D eigenvalue weighted by Gasteiger charge is 2.13. The Hall–Kier alpha value is -2.18. The van der Waals surface area contributed by atoms with Crippen LogP contribution in [0.5, 0.6) is 5.75 Å². The third-order valence-electron chi connectivity index (χ3n) is 2.75. The van der Waals surface area contributed by atoms with E-state index in [9.17, 15) is 4.79 Å². The molecule has 0 unspecified atom stereocenters. The van der Waals surface area contributed by atoms with E-state index in [1.165, 1.54) is 17.5 Å². The van der Waals surface area contributed by atoms with Crippen molar-refractivity contribution in [2.75, 3.05) is 12.4 Å². The fourth-order valence-corrected chi connectivity index (χ4v) is 2.82. The van der Waals surface area contributed by atoms with Crippen LogP contribution < -0.4 is 10.1 Å². The first kappa shape index (κ1) is 13.8. The van der Waals surface area contributed by atoms with E-state index >= 15 is 0 Å². The smallest absolute Gasteiger partial charge is 0.285 e. The van der Waals surface area contributed by atoms with Crippen molar-refractivity contribution in [2.24, 2.45) is 0 Å². The number of aromatic nitrogens is 2. The number of benzene rings is 1. The van der Waals surface area contributed by atoms with Crippen LogP contribution in [0.25, 0.3) is 10.2 Å². The van der Waals surface area contributed by atoms with Gasteiger partial charge in [-0.1, -0.05) is 11.6 Å². The second-order valence-electron chi connectivity index (χ2n) is 4.17. The average molecular weight is 320 g/mol. The van der Waals surface area contributed by atoms with Crippen LogP contribution in [-0.2, 0) is 0 Å². The molecule has 21 heavy (non-hydrogen) atoms. The molecule has 0 spiro atoms. The Bertz CT molecular complexity index is 819. The number of rotatable bonds is 3. The summed E-state index contributed by atoms with van der Waals surface area (Å²) in [5, 5.41) is 3.54. The van der Waals surface area contributed by atoms with Gasteiger partial charge in [-0.3, -0.25) is 4.79 Å². The SMILES string of the molecule is COc1ccc2nc(C(=O)Nc3cc(Cl)ccn3)sc2c1. The van der Waals surface area contributed by atoms with Crippen LogP contribution in [0.4, 0.5) is 5.82 Å². The molecule has 0 aliphatic carbocycles. The Morgan fingerprint density at radius 1 is 1.33 bits per heavy atom. The molecular weight excluding hydrogens is 310 g/mol. The van der Waals surface area contributed by atoms with Gasteiger partial charge in [0.15, 0.2) is 5.01 Å². The van der Waals surface area contributed by atoms with Crippen molar-refractivity contribution in [1.29, 1.82) is 0 Å². The highest BCUT2D eigenvalue weighted by Crippen LogP contribution is 2.26. The van der Waals surface area contributed by atoms with Gasteiger partial charge in [0.1, 0.15) is 11.6 Å². The van der Waals surface area contributed by atoms with Crippen LogP contribution in [0.3, 0.4) is 0 Å². The summed E-state index contributed by atoms with van der Waals surface area (Å²) in [6.45, 7) is 0. The summed E-state index contributed by atoms with van der Waals surface area (Å²) in [4.78, 5) is 20.5. The predicted molar refractivity (Wildman–Crippen MR) is 83.4 cm³/mol. The van der Waals surface area contributed by atoms with Gasteiger partial charge < -0.3 is 10.1 Å². The highest BCUT2D eigenvalue weighted by molar-refractivity contribution is 7.20. The number of carbonyl (C=O) groups excluding carboxylic acids is 1. The molecule has 0 atom stereocenters. The number of ether oxygens (including phenoxy) is 1. The highest BCUT2D eigenvalue weighted by atomic mass is 35.5. The van der Waals surface area contributed by atoms with Gasteiger partial charge in [-0.2, -0.15) is 0 Å². The predicted octanol–water partition coefficient (Wildman–Crippen LogP) is 3.61. The average Bonchev–Trinajstić information content (AvgIpc) is 2.90. The van der Waals surface area contributed by atoms with Crippen molar-refractivity contribution in [3.63, 3.8) is 0 Å². The molecule has 0 fully saturated rings. The Labute approximate surface area is 129 Å². The van der Waals surface area contributed by atoms with Crippen molar-refractivity contribution in [3.05, 3.63) is 46.6 Å². The van der Waals surface area contributed by atoms with Crippen molar-refractivity contribution in [2.45, 2.75) is 0 Å². The number of halogens is 1. The lowest BCUT2D eigenvalue weighted by Crippen LogP contribution is -2.12. The third kappa shape index (κ3) is 2.96. The van der Waals surface area contributed by atoms with Gasteiger partial charge in [-0.15, -0.1) is 11.3 Å². The third-order valence-corrected chi connectivity index (χ3v) is 4.01. The van der Waals surface area contributed by atoms with Crippen molar-refractivity contribution in [3.8, 4) is 5.75 Å². The van der Waals surface area contributed by atoms with Crippen LogP contribution >= 0.6 is 22.9 Å². The summed E-state index contributed by atoms with van der Waals surface area (Å²) in [5.41, 5.74) is 0.755. The van der Waals surface area contributed by atoms with E-state index in [2.05, 4.69) is 15.3 Å². The number of anilines is 1. The van der Waals surface area contributed by atoms with Crippen LogP contribution in [0.2, 0.25) is 5.02 Å². The lowest BCUT2D eigenvalue weighted by molar-refractivity contribution is 0.102. The first-order chi connectivity index (χ1) is 10.2. The van der Waals surface area contributed by atoms with Gasteiger partial charge in [-0.05, 0) is 30.3 Å². The topological polar surface area (TPSA) is 64.1 Å². The molecule has 106 valence electrons. The van der Waals surface area contributed by atoms with Crippen LogP contribution in [0.15, 0.2) is 36.5 Å². The molecule has 0 aliphatic rings. The zero-order valence-electron chi connectivity index (χ0n) is 11.0. The summed E-state index contributed by atoms with van der Waals surface area (Å²) in [5.74, 6) is 0.809. The van der Waals surface area contributed by atoms with E-state index in [4.69, 9.17) is 16.3 Å². The molecule has 1 aromatic carbocycles. The molecule has 0 saturated carbocycles. The van der Waals surface area contributed by atoms with Gasteiger partial charge in [0.2, 0.25) is 0 Å². The number of fused-ring (bicyclic) bond motifs is 1. The minimum Gasteiger partial charge on any atom is -0.497 e. The quantitative estimate of drug-likeness (QED) is 0.801. The van der Waals surface area contributed by atoms with Crippen LogP contribution in [0.1, 0.15) is 9.80 Å². The summed E-state index contributed by atoms with van der Waals surface area (Å²) < 4.78 is 6.04. The van der Waals surface area contributed by atoms with E-state index in [1.807, 2.05) is 18.2 Å². The molecule has 1 amide bonds. The maximum absolute atomic E-state index is 12.2. The molecule has 3 rings (SSSR count). The van der Waals surface area contributed by atoms with Gasteiger partial charge in [0.25, 0.3) is 5.91 Å². The monoisotopic (exact) mass is 319 g/mol. The molecule has 0 aliphatic heterocycles. The lowest BCUT2D eigenvalue weighted by atomic mass is 10.3. The molecule has 0 radical (unpaired) electrons. The van der Waals surface area contributed by atoms with Crippen molar-refractivity contribution in [1.82, 2.24) is 9.97 Å². The number of hydrogen-bond acceptors (Lipinski definition) is 5. The molecule has 3 aromatic rings. The normalized spacial score (nSPS) is 10.6. The Morgan fingerprint density at radius 2 is 2.19 bits per heavy atom.